The summed E-state index contributed by atoms with van der Waals surface area (Å²) in [5, 5.41) is 6.43. The molecule has 1 aromatic heterocycles. The van der Waals surface area contributed by atoms with Crippen LogP contribution in [-0.2, 0) is 0 Å². The molecule has 148 valence electrons. The van der Waals surface area contributed by atoms with Gasteiger partial charge < -0.3 is 20.4 Å². The third-order valence-corrected chi connectivity index (χ3v) is 5.71. The summed E-state index contributed by atoms with van der Waals surface area (Å²) in [4.78, 5) is 21.4. The van der Waals surface area contributed by atoms with Gasteiger partial charge in [-0.25, -0.2) is 4.98 Å². The summed E-state index contributed by atoms with van der Waals surface area (Å²) >= 11 is 0. The number of anilines is 3. The van der Waals surface area contributed by atoms with Crippen molar-refractivity contribution in [2.24, 2.45) is 0 Å². The van der Waals surface area contributed by atoms with E-state index >= 15 is 0 Å². The van der Waals surface area contributed by atoms with E-state index in [1.165, 1.54) is 18.5 Å². The topological polar surface area (TPSA) is 60.5 Å². The molecule has 2 N–H and O–H groups in total. The maximum Gasteiger partial charge on any atom is 0.270 e. The van der Waals surface area contributed by atoms with E-state index in [1.807, 2.05) is 6.07 Å². The molecule has 1 aliphatic heterocycles. The molecule has 0 bridgehead atoms. The molecule has 1 aromatic carbocycles. The molecule has 0 atom stereocenters. The van der Waals surface area contributed by atoms with E-state index in [0.29, 0.717) is 11.7 Å². The lowest BCUT2D eigenvalue weighted by Gasteiger charge is -2.34. The van der Waals surface area contributed by atoms with Crippen molar-refractivity contribution in [2.75, 3.05) is 43.4 Å². The van der Waals surface area contributed by atoms with E-state index in [0.717, 1.165) is 50.4 Å². The molecule has 1 saturated carbocycles. The summed E-state index contributed by atoms with van der Waals surface area (Å²) in [7, 11) is 2.17. The van der Waals surface area contributed by atoms with E-state index in [4.69, 9.17) is 0 Å². The quantitative estimate of drug-likeness (QED) is 0.835. The van der Waals surface area contributed by atoms with E-state index in [-0.39, 0.29) is 5.91 Å². The molecule has 2 fully saturated rings. The first-order chi connectivity index (χ1) is 13.7. The van der Waals surface area contributed by atoms with Gasteiger partial charge in [-0.1, -0.05) is 12.8 Å². The van der Waals surface area contributed by atoms with Gasteiger partial charge in [-0.15, -0.1) is 0 Å². The molecule has 6 heteroatoms. The van der Waals surface area contributed by atoms with Crippen LogP contribution in [0.5, 0.6) is 0 Å². The maximum absolute atomic E-state index is 12.3. The number of nitrogens with one attached hydrogen (secondary N) is 2. The largest absolute Gasteiger partial charge is 0.369 e. The lowest BCUT2D eigenvalue weighted by atomic mass is 10.2. The lowest BCUT2D eigenvalue weighted by Crippen LogP contribution is -2.44. The van der Waals surface area contributed by atoms with Crippen LogP contribution in [0.1, 0.15) is 36.2 Å². The van der Waals surface area contributed by atoms with Crippen LogP contribution in [-0.4, -0.2) is 55.1 Å². The van der Waals surface area contributed by atoms with Crippen molar-refractivity contribution in [1.82, 2.24) is 15.2 Å². The van der Waals surface area contributed by atoms with Crippen molar-refractivity contribution in [3.63, 3.8) is 0 Å². The number of rotatable bonds is 5. The first-order valence-corrected chi connectivity index (χ1v) is 10.2. The van der Waals surface area contributed by atoms with Gasteiger partial charge in [-0.05, 0) is 56.3 Å². The van der Waals surface area contributed by atoms with Gasteiger partial charge in [0, 0.05) is 43.6 Å². The Morgan fingerprint density at radius 2 is 1.64 bits per heavy atom. The van der Waals surface area contributed by atoms with Gasteiger partial charge in [0.2, 0.25) is 0 Å². The van der Waals surface area contributed by atoms with Crippen LogP contribution in [0, 0.1) is 0 Å². The predicted octanol–water partition coefficient (Wildman–Crippen LogP) is 3.25. The van der Waals surface area contributed by atoms with Crippen molar-refractivity contribution in [3.8, 4) is 0 Å². The van der Waals surface area contributed by atoms with E-state index < -0.39 is 0 Å². The van der Waals surface area contributed by atoms with Crippen LogP contribution in [0.3, 0.4) is 0 Å². The number of hydrogen-bond donors (Lipinski definition) is 2. The molecule has 0 unspecified atom stereocenters. The van der Waals surface area contributed by atoms with Crippen LogP contribution >= 0.6 is 0 Å². The summed E-state index contributed by atoms with van der Waals surface area (Å²) in [6, 6.07) is 12.5. The summed E-state index contributed by atoms with van der Waals surface area (Å²) in [5.74, 6) is -0.0741. The number of nitrogens with zero attached hydrogens (tertiary/aromatic N) is 3. The molecular formula is C22H29N5O. The van der Waals surface area contributed by atoms with Gasteiger partial charge in [-0.2, -0.15) is 0 Å². The van der Waals surface area contributed by atoms with Gasteiger partial charge in [0.05, 0.1) is 11.9 Å². The Balaban J connectivity index is 1.33. The van der Waals surface area contributed by atoms with Crippen LogP contribution in [0.25, 0.3) is 0 Å². The SMILES string of the molecule is CN1CCN(c2ccc(Nc3ccc(C(=O)NC4CCCC4)nc3)cc2)CC1. The van der Waals surface area contributed by atoms with Gasteiger partial charge in [0.25, 0.3) is 5.91 Å². The highest BCUT2D eigenvalue weighted by atomic mass is 16.1. The molecular weight excluding hydrogens is 350 g/mol. The maximum atomic E-state index is 12.3. The van der Waals surface area contributed by atoms with Crippen LogP contribution < -0.4 is 15.5 Å². The molecule has 0 radical (unpaired) electrons. The third-order valence-electron chi connectivity index (χ3n) is 5.71. The molecule has 28 heavy (non-hydrogen) atoms. The summed E-state index contributed by atoms with van der Waals surface area (Å²) in [6.07, 6.45) is 6.28. The van der Waals surface area contributed by atoms with Crippen molar-refractivity contribution in [3.05, 3.63) is 48.3 Å². The summed E-state index contributed by atoms with van der Waals surface area (Å²) < 4.78 is 0. The highest BCUT2D eigenvalue weighted by Gasteiger charge is 2.18. The molecule has 1 aliphatic carbocycles. The summed E-state index contributed by atoms with van der Waals surface area (Å²) in [5.41, 5.74) is 3.63. The van der Waals surface area contributed by atoms with E-state index in [1.54, 1.807) is 12.3 Å². The standard InChI is InChI=1S/C22H29N5O/c1-26-12-14-27(15-13-26)20-9-6-18(7-10-20)24-19-8-11-21(23-16-19)22(28)25-17-4-2-3-5-17/h6-11,16-17,24H,2-5,12-15H2,1H3,(H,25,28). The highest BCUT2D eigenvalue weighted by Crippen LogP contribution is 2.22. The van der Waals surface area contributed by atoms with Crippen LogP contribution in [0.2, 0.25) is 0 Å². The monoisotopic (exact) mass is 379 g/mol. The second kappa shape index (κ2) is 8.61. The minimum absolute atomic E-state index is 0.0741. The Kier molecular flexibility index (Phi) is 5.76. The normalized spacial score (nSPS) is 18.2. The molecule has 2 heterocycles. The van der Waals surface area contributed by atoms with Gasteiger partial charge >= 0.3 is 0 Å². The Morgan fingerprint density at radius 3 is 2.29 bits per heavy atom. The molecule has 2 aliphatic rings. The van der Waals surface area contributed by atoms with Crippen LogP contribution in [0.4, 0.5) is 17.1 Å². The number of piperazine rings is 1. The minimum Gasteiger partial charge on any atom is -0.369 e. The molecule has 4 rings (SSSR count). The number of likely N-dealkylation sites (N-methyl/N-ethyl adjacent to an activating group) is 1. The van der Waals surface area contributed by atoms with Gasteiger partial charge in [-0.3, -0.25) is 4.79 Å². The molecule has 1 amide bonds. The Bertz CT molecular complexity index is 776. The van der Waals surface area contributed by atoms with Crippen LogP contribution in [0.15, 0.2) is 42.6 Å². The highest BCUT2D eigenvalue weighted by molar-refractivity contribution is 5.92. The fourth-order valence-corrected chi connectivity index (χ4v) is 3.92. The van der Waals surface area contributed by atoms with Gasteiger partial charge in [0.1, 0.15) is 5.69 Å². The Labute approximate surface area is 166 Å². The van der Waals surface area contributed by atoms with Crippen molar-refractivity contribution >= 4 is 23.0 Å². The van der Waals surface area contributed by atoms with Gasteiger partial charge in [0.15, 0.2) is 0 Å². The van der Waals surface area contributed by atoms with Crippen molar-refractivity contribution < 1.29 is 4.79 Å². The number of aromatic nitrogens is 1. The number of hydrogen-bond acceptors (Lipinski definition) is 5. The fourth-order valence-electron chi connectivity index (χ4n) is 3.92. The Hall–Kier alpha value is -2.60. The molecule has 6 nitrogen and oxygen atoms in total. The number of amides is 1. The summed E-state index contributed by atoms with van der Waals surface area (Å²) in [6.45, 7) is 4.34. The third kappa shape index (κ3) is 4.62. The zero-order chi connectivity index (χ0) is 19.3. The minimum atomic E-state index is -0.0741. The second-order valence-electron chi connectivity index (χ2n) is 7.85. The average Bonchev–Trinajstić information content (AvgIpc) is 3.23. The first kappa shape index (κ1) is 18.7. The Morgan fingerprint density at radius 1 is 0.964 bits per heavy atom. The second-order valence-corrected chi connectivity index (χ2v) is 7.85. The average molecular weight is 380 g/mol. The number of carbonyl (C=O) groups excluding carboxylic acids is 1. The number of pyridine rings is 1. The lowest BCUT2D eigenvalue weighted by molar-refractivity contribution is 0.0933. The fraction of sp³-hybridized carbons (Fsp3) is 0.455. The first-order valence-electron chi connectivity index (χ1n) is 10.2. The smallest absolute Gasteiger partial charge is 0.270 e. The predicted molar refractivity (Wildman–Crippen MR) is 113 cm³/mol. The zero-order valence-electron chi connectivity index (χ0n) is 16.5. The molecule has 1 saturated heterocycles. The molecule has 0 spiro atoms. The van der Waals surface area contributed by atoms with E-state index in [2.05, 4.69) is 56.7 Å². The van der Waals surface area contributed by atoms with Crippen molar-refractivity contribution in [2.45, 2.75) is 31.7 Å². The number of carbonyl (C=O) groups is 1. The van der Waals surface area contributed by atoms with Crippen molar-refractivity contribution in [1.29, 1.82) is 0 Å². The molecule has 2 aromatic rings. The zero-order valence-corrected chi connectivity index (χ0v) is 16.5. The van der Waals surface area contributed by atoms with E-state index in [9.17, 15) is 4.79 Å². The number of benzene rings is 1.